The van der Waals surface area contributed by atoms with Crippen LogP contribution >= 0.6 is 0 Å². The summed E-state index contributed by atoms with van der Waals surface area (Å²) in [6.45, 7) is 3.56. The summed E-state index contributed by atoms with van der Waals surface area (Å²) in [7, 11) is -2.87. The van der Waals surface area contributed by atoms with Gasteiger partial charge in [-0.15, -0.1) is 0 Å². The van der Waals surface area contributed by atoms with E-state index < -0.39 is 9.84 Å². The Kier molecular flexibility index (Phi) is 3.61. The summed E-state index contributed by atoms with van der Waals surface area (Å²) in [4.78, 5) is 13.3. The minimum Gasteiger partial charge on any atom is -0.229 e. The maximum absolute atomic E-state index is 11.3. The Bertz CT molecular complexity index is 366. The number of nitrogens with zero attached hydrogens (tertiary/aromatic N) is 1. The monoisotopic (exact) mass is 215 g/mol. The molecule has 4 nitrogen and oxygen atoms in total. The van der Waals surface area contributed by atoms with Crippen LogP contribution in [0.3, 0.4) is 0 Å². The molecule has 1 fully saturated rings. The second-order valence-electron chi connectivity index (χ2n) is 3.60. The number of carbonyl (C=O) groups excluding carboxylic acids is 1. The van der Waals surface area contributed by atoms with E-state index in [4.69, 9.17) is 0 Å². The van der Waals surface area contributed by atoms with E-state index in [1.165, 1.54) is 6.08 Å². The van der Waals surface area contributed by atoms with Crippen molar-refractivity contribution in [3.05, 3.63) is 12.3 Å². The molecular formula is C9H13NO3S. The molecule has 1 saturated heterocycles. The average Bonchev–Trinajstić information content (AvgIpc) is 2.02. The van der Waals surface area contributed by atoms with Crippen LogP contribution in [0.5, 0.6) is 0 Å². The fourth-order valence-electron chi connectivity index (χ4n) is 1.72. The number of rotatable bonds is 3. The van der Waals surface area contributed by atoms with Gasteiger partial charge in [0.15, 0.2) is 9.84 Å². The smallest absolute Gasteiger partial charge is 0.229 e. The van der Waals surface area contributed by atoms with E-state index in [9.17, 15) is 13.2 Å². The van der Waals surface area contributed by atoms with Crippen LogP contribution in [0.25, 0.3) is 0 Å². The predicted molar refractivity (Wildman–Crippen MR) is 53.3 cm³/mol. The third-order valence-electron chi connectivity index (χ3n) is 2.29. The highest BCUT2D eigenvalue weighted by Gasteiger charge is 2.24. The van der Waals surface area contributed by atoms with Gasteiger partial charge in [0.1, 0.15) is 0 Å². The van der Waals surface area contributed by atoms with E-state index in [2.05, 4.69) is 11.6 Å². The number of hydrogen-bond donors (Lipinski definition) is 0. The van der Waals surface area contributed by atoms with Crippen molar-refractivity contribution in [2.75, 3.05) is 11.5 Å². The summed E-state index contributed by atoms with van der Waals surface area (Å²) in [5.74, 6) is 0.547. The van der Waals surface area contributed by atoms with Crippen molar-refractivity contribution in [2.45, 2.75) is 19.3 Å². The molecule has 1 unspecified atom stereocenters. The molecule has 1 atom stereocenters. The van der Waals surface area contributed by atoms with E-state index in [-0.39, 0.29) is 17.4 Å². The van der Waals surface area contributed by atoms with E-state index in [0.717, 1.165) is 6.42 Å². The zero-order valence-electron chi connectivity index (χ0n) is 7.90. The summed E-state index contributed by atoms with van der Waals surface area (Å²) >= 11 is 0. The molecule has 0 N–H and O–H groups in total. The Morgan fingerprint density at radius 2 is 2.29 bits per heavy atom. The van der Waals surface area contributed by atoms with Crippen LogP contribution in [0.2, 0.25) is 0 Å². The van der Waals surface area contributed by atoms with Gasteiger partial charge in [0.25, 0.3) is 0 Å². The fourth-order valence-corrected chi connectivity index (χ4v) is 3.50. The van der Waals surface area contributed by atoms with Gasteiger partial charge in [-0.1, -0.05) is 6.58 Å². The number of hydrogen-bond acceptors (Lipinski definition) is 4. The molecule has 78 valence electrons. The maximum atomic E-state index is 11.3. The van der Waals surface area contributed by atoms with Gasteiger partial charge in [-0.2, -0.15) is 4.99 Å². The molecule has 0 amide bonds. The van der Waals surface area contributed by atoms with Crippen molar-refractivity contribution in [1.29, 1.82) is 0 Å². The first-order valence-electron chi connectivity index (χ1n) is 4.49. The lowest BCUT2D eigenvalue weighted by Gasteiger charge is -2.21. The third kappa shape index (κ3) is 3.44. The van der Waals surface area contributed by atoms with E-state index in [0.29, 0.717) is 18.5 Å². The Morgan fingerprint density at radius 3 is 2.86 bits per heavy atom. The Balaban J connectivity index is 2.54. The minimum atomic E-state index is -2.87. The van der Waals surface area contributed by atoms with Gasteiger partial charge in [-0.05, 0) is 25.2 Å². The highest BCUT2D eigenvalue weighted by Crippen LogP contribution is 2.24. The molecule has 0 radical (unpaired) electrons. The van der Waals surface area contributed by atoms with Crippen molar-refractivity contribution >= 4 is 15.9 Å². The summed E-state index contributed by atoms with van der Waals surface area (Å²) in [6.07, 6.45) is 3.45. The first kappa shape index (κ1) is 11.1. The van der Waals surface area contributed by atoms with Gasteiger partial charge in [0.05, 0.1) is 11.5 Å². The van der Waals surface area contributed by atoms with Crippen LogP contribution in [0.4, 0.5) is 0 Å². The van der Waals surface area contributed by atoms with Gasteiger partial charge in [0, 0.05) is 5.70 Å². The Labute approximate surface area is 83.6 Å². The summed E-state index contributed by atoms with van der Waals surface area (Å²) < 4.78 is 22.5. The van der Waals surface area contributed by atoms with Crippen LogP contribution in [0.15, 0.2) is 17.3 Å². The Hall–Kier alpha value is -0.930. The van der Waals surface area contributed by atoms with Gasteiger partial charge >= 0.3 is 0 Å². The molecule has 1 aliphatic heterocycles. The van der Waals surface area contributed by atoms with Crippen LogP contribution in [0.1, 0.15) is 19.3 Å². The minimum absolute atomic E-state index is 0.0679. The van der Waals surface area contributed by atoms with E-state index >= 15 is 0 Å². The lowest BCUT2D eigenvalue weighted by atomic mass is 10.0. The molecule has 0 spiro atoms. The van der Waals surface area contributed by atoms with Crippen LogP contribution in [-0.4, -0.2) is 26.0 Å². The van der Waals surface area contributed by atoms with Crippen molar-refractivity contribution in [1.82, 2.24) is 0 Å². The third-order valence-corrected chi connectivity index (χ3v) is 4.18. The molecule has 1 rings (SSSR count). The van der Waals surface area contributed by atoms with E-state index in [1.807, 2.05) is 0 Å². The SMILES string of the molecule is C=C(CC1CCCS(=O)(=O)C1)N=C=O. The summed E-state index contributed by atoms with van der Waals surface area (Å²) in [6, 6.07) is 0. The standard InChI is InChI=1S/C9H13NO3S/c1-8(10-7-11)5-9-3-2-4-14(12,13)6-9/h9H,1-6H2. The zero-order chi connectivity index (χ0) is 10.6. The lowest BCUT2D eigenvalue weighted by Crippen LogP contribution is -2.25. The van der Waals surface area contributed by atoms with E-state index in [1.54, 1.807) is 0 Å². The predicted octanol–water partition coefficient (Wildman–Crippen LogP) is 1.05. The highest BCUT2D eigenvalue weighted by molar-refractivity contribution is 7.91. The molecule has 14 heavy (non-hydrogen) atoms. The second-order valence-corrected chi connectivity index (χ2v) is 5.82. The number of allylic oxidation sites excluding steroid dienone is 1. The molecule has 0 aromatic rings. The first-order valence-corrected chi connectivity index (χ1v) is 6.32. The molecule has 5 heteroatoms. The van der Waals surface area contributed by atoms with Crippen molar-refractivity contribution in [3.8, 4) is 0 Å². The van der Waals surface area contributed by atoms with Crippen LogP contribution in [-0.2, 0) is 14.6 Å². The molecular weight excluding hydrogens is 202 g/mol. The molecule has 0 bridgehead atoms. The molecule has 0 aromatic carbocycles. The number of aliphatic imine (C=N–C) groups is 1. The van der Waals surface area contributed by atoms with Gasteiger partial charge in [0.2, 0.25) is 6.08 Å². The largest absolute Gasteiger partial charge is 0.240 e. The second kappa shape index (κ2) is 4.53. The molecule has 1 heterocycles. The van der Waals surface area contributed by atoms with Gasteiger partial charge in [-0.25, -0.2) is 13.2 Å². The van der Waals surface area contributed by atoms with Crippen molar-refractivity contribution < 1.29 is 13.2 Å². The Morgan fingerprint density at radius 1 is 1.57 bits per heavy atom. The lowest BCUT2D eigenvalue weighted by molar-refractivity contribution is 0.481. The normalized spacial score (nSPS) is 25.0. The summed E-state index contributed by atoms with van der Waals surface area (Å²) in [5, 5.41) is 0. The van der Waals surface area contributed by atoms with Crippen LogP contribution in [0, 0.1) is 5.92 Å². The molecule has 1 aliphatic rings. The highest BCUT2D eigenvalue weighted by atomic mass is 32.2. The quantitative estimate of drug-likeness (QED) is 0.522. The van der Waals surface area contributed by atoms with Crippen molar-refractivity contribution in [3.63, 3.8) is 0 Å². The maximum Gasteiger partial charge on any atom is 0.240 e. The number of isocyanates is 1. The number of sulfone groups is 1. The van der Waals surface area contributed by atoms with Gasteiger partial charge < -0.3 is 0 Å². The topological polar surface area (TPSA) is 63.6 Å². The zero-order valence-corrected chi connectivity index (χ0v) is 8.72. The fraction of sp³-hybridized carbons (Fsp3) is 0.667. The first-order chi connectivity index (χ1) is 6.53. The average molecular weight is 215 g/mol. The van der Waals surface area contributed by atoms with Gasteiger partial charge in [-0.3, -0.25) is 0 Å². The summed E-state index contributed by atoms with van der Waals surface area (Å²) in [5.41, 5.74) is 0.419. The molecule has 0 aliphatic carbocycles. The molecule has 0 saturated carbocycles. The van der Waals surface area contributed by atoms with Crippen molar-refractivity contribution in [2.24, 2.45) is 10.9 Å². The van der Waals surface area contributed by atoms with Crippen LogP contribution < -0.4 is 0 Å². The molecule has 0 aromatic heterocycles.